The second-order valence-electron chi connectivity index (χ2n) is 3.21. The lowest BCUT2D eigenvalue weighted by Crippen LogP contribution is -2.33. The predicted octanol–water partition coefficient (Wildman–Crippen LogP) is 1.99. The molecule has 1 aromatic carbocycles. The highest BCUT2D eigenvalue weighted by atomic mass is 35.5. The largest absolute Gasteiger partial charge is 0.479 e. The second-order valence-corrected chi connectivity index (χ2v) is 3.62. The van der Waals surface area contributed by atoms with Crippen molar-refractivity contribution >= 4 is 23.5 Å². The van der Waals surface area contributed by atoms with Gasteiger partial charge in [-0.2, -0.15) is 0 Å². The molecular formula is C11H12ClNO3. The molecule has 0 saturated heterocycles. The summed E-state index contributed by atoms with van der Waals surface area (Å²) in [4.78, 5) is 22.2. The maximum atomic E-state index is 11.2. The Hall–Kier alpha value is -1.55. The van der Waals surface area contributed by atoms with E-state index in [0.717, 1.165) is 0 Å². The number of carbonyl (C=O) groups excluding carboxylic acids is 1. The van der Waals surface area contributed by atoms with Gasteiger partial charge >= 0.3 is 5.97 Å². The van der Waals surface area contributed by atoms with E-state index < -0.39 is 12.0 Å². The SMILES string of the molecule is CCC(=O)N[C@@H](C(=O)O)c1ccccc1Cl. The van der Waals surface area contributed by atoms with Crippen molar-refractivity contribution in [1.29, 1.82) is 0 Å². The molecular weight excluding hydrogens is 230 g/mol. The number of amides is 1. The minimum Gasteiger partial charge on any atom is -0.479 e. The van der Waals surface area contributed by atoms with Crippen molar-refractivity contribution in [2.24, 2.45) is 0 Å². The van der Waals surface area contributed by atoms with Crippen LogP contribution in [0.4, 0.5) is 0 Å². The number of carboxylic acids is 1. The normalized spacial score (nSPS) is 11.9. The zero-order chi connectivity index (χ0) is 12.1. The van der Waals surface area contributed by atoms with Gasteiger partial charge in [-0.15, -0.1) is 0 Å². The van der Waals surface area contributed by atoms with Crippen LogP contribution in [0, 0.1) is 0 Å². The first-order chi connectivity index (χ1) is 7.56. The van der Waals surface area contributed by atoms with E-state index in [1.54, 1.807) is 31.2 Å². The van der Waals surface area contributed by atoms with Crippen LogP contribution in [0.2, 0.25) is 5.02 Å². The third-order valence-electron chi connectivity index (χ3n) is 2.09. The van der Waals surface area contributed by atoms with Gasteiger partial charge in [-0.05, 0) is 6.07 Å². The third kappa shape index (κ3) is 2.97. The molecule has 2 N–H and O–H groups in total. The van der Waals surface area contributed by atoms with E-state index in [2.05, 4.69) is 5.32 Å². The van der Waals surface area contributed by atoms with Crippen molar-refractivity contribution in [1.82, 2.24) is 5.32 Å². The molecule has 1 rings (SSSR count). The maximum Gasteiger partial charge on any atom is 0.330 e. The van der Waals surface area contributed by atoms with Gasteiger partial charge in [0.15, 0.2) is 6.04 Å². The average molecular weight is 242 g/mol. The highest BCUT2D eigenvalue weighted by Gasteiger charge is 2.23. The molecule has 4 nitrogen and oxygen atoms in total. The lowest BCUT2D eigenvalue weighted by Gasteiger charge is -2.15. The number of rotatable bonds is 4. The molecule has 0 aliphatic carbocycles. The van der Waals surface area contributed by atoms with Gasteiger partial charge in [0.05, 0.1) is 0 Å². The fourth-order valence-corrected chi connectivity index (χ4v) is 1.49. The van der Waals surface area contributed by atoms with E-state index in [0.29, 0.717) is 10.6 Å². The fraction of sp³-hybridized carbons (Fsp3) is 0.273. The summed E-state index contributed by atoms with van der Waals surface area (Å²) in [7, 11) is 0. The van der Waals surface area contributed by atoms with Crippen LogP contribution in [0.5, 0.6) is 0 Å². The maximum absolute atomic E-state index is 11.2. The molecule has 0 aromatic heterocycles. The smallest absolute Gasteiger partial charge is 0.330 e. The summed E-state index contributed by atoms with van der Waals surface area (Å²) in [5.74, 6) is -1.46. The Bertz CT molecular complexity index is 406. The van der Waals surface area contributed by atoms with Gasteiger partial charge in [0.1, 0.15) is 0 Å². The number of nitrogens with one attached hydrogen (secondary N) is 1. The van der Waals surface area contributed by atoms with E-state index in [1.807, 2.05) is 0 Å². The summed E-state index contributed by atoms with van der Waals surface area (Å²) < 4.78 is 0. The standard InChI is InChI=1S/C11H12ClNO3/c1-2-9(14)13-10(11(15)16)7-5-3-4-6-8(7)12/h3-6,10H,2H2,1H3,(H,13,14)(H,15,16)/t10-/m1/s1. The van der Waals surface area contributed by atoms with Crippen molar-refractivity contribution in [3.8, 4) is 0 Å². The number of benzene rings is 1. The number of hydrogen-bond donors (Lipinski definition) is 2. The lowest BCUT2D eigenvalue weighted by molar-refractivity contribution is -0.142. The molecule has 0 unspecified atom stereocenters. The van der Waals surface area contributed by atoms with Crippen LogP contribution in [0.25, 0.3) is 0 Å². The molecule has 1 amide bonds. The molecule has 0 fully saturated rings. The highest BCUT2D eigenvalue weighted by Crippen LogP contribution is 2.22. The van der Waals surface area contributed by atoms with Crippen molar-refractivity contribution in [2.45, 2.75) is 19.4 Å². The number of carbonyl (C=O) groups is 2. The minimum atomic E-state index is -1.13. The van der Waals surface area contributed by atoms with Gasteiger partial charge in [-0.1, -0.05) is 36.7 Å². The quantitative estimate of drug-likeness (QED) is 0.847. The molecule has 0 aliphatic rings. The Labute approximate surface area is 98.2 Å². The van der Waals surface area contributed by atoms with E-state index in [4.69, 9.17) is 16.7 Å². The Balaban J connectivity index is 2.99. The van der Waals surface area contributed by atoms with Gasteiger partial charge in [-0.3, -0.25) is 4.79 Å². The van der Waals surface area contributed by atoms with Crippen LogP contribution in [0.15, 0.2) is 24.3 Å². The Morgan fingerprint density at radius 3 is 2.56 bits per heavy atom. The molecule has 86 valence electrons. The molecule has 0 heterocycles. The van der Waals surface area contributed by atoms with Gasteiger partial charge in [0, 0.05) is 17.0 Å². The van der Waals surface area contributed by atoms with Crippen molar-refractivity contribution in [3.05, 3.63) is 34.9 Å². The summed E-state index contributed by atoms with van der Waals surface area (Å²) in [5.41, 5.74) is 0.387. The Morgan fingerprint density at radius 2 is 2.06 bits per heavy atom. The van der Waals surface area contributed by atoms with E-state index >= 15 is 0 Å². The monoisotopic (exact) mass is 241 g/mol. The third-order valence-corrected chi connectivity index (χ3v) is 2.43. The first kappa shape index (κ1) is 12.5. The summed E-state index contributed by atoms with van der Waals surface area (Å²) in [6.07, 6.45) is 0.230. The number of aliphatic carboxylic acids is 1. The molecule has 0 bridgehead atoms. The van der Waals surface area contributed by atoms with Crippen molar-refractivity contribution in [3.63, 3.8) is 0 Å². The number of carboxylic acid groups (broad SMARTS) is 1. The van der Waals surface area contributed by atoms with Gasteiger partial charge in [-0.25, -0.2) is 4.79 Å². The van der Waals surface area contributed by atoms with Crippen LogP contribution in [-0.4, -0.2) is 17.0 Å². The molecule has 1 atom stereocenters. The van der Waals surface area contributed by atoms with Crippen molar-refractivity contribution in [2.75, 3.05) is 0 Å². The average Bonchev–Trinajstić information content (AvgIpc) is 2.26. The fourth-order valence-electron chi connectivity index (χ4n) is 1.24. The summed E-state index contributed by atoms with van der Waals surface area (Å²) in [6.45, 7) is 1.65. The molecule has 16 heavy (non-hydrogen) atoms. The molecule has 1 aromatic rings. The predicted molar refractivity (Wildman–Crippen MR) is 60.3 cm³/mol. The minimum absolute atomic E-state index is 0.230. The van der Waals surface area contributed by atoms with Crippen LogP contribution in [0.1, 0.15) is 24.9 Å². The van der Waals surface area contributed by atoms with Gasteiger partial charge < -0.3 is 10.4 Å². The summed E-state index contributed by atoms with van der Waals surface area (Å²) in [5, 5.41) is 11.7. The molecule has 0 saturated carbocycles. The summed E-state index contributed by atoms with van der Waals surface area (Å²) >= 11 is 5.88. The zero-order valence-electron chi connectivity index (χ0n) is 8.74. The van der Waals surface area contributed by atoms with E-state index in [9.17, 15) is 9.59 Å². The van der Waals surface area contributed by atoms with Crippen LogP contribution in [-0.2, 0) is 9.59 Å². The zero-order valence-corrected chi connectivity index (χ0v) is 9.49. The van der Waals surface area contributed by atoms with E-state index in [1.165, 1.54) is 0 Å². The first-order valence-corrected chi connectivity index (χ1v) is 5.20. The van der Waals surface area contributed by atoms with Gasteiger partial charge in [0.25, 0.3) is 0 Å². The Morgan fingerprint density at radius 1 is 1.44 bits per heavy atom. The Kier molecular flexibility index (Phi) is 4.31. The molecule has 0 radical (unpaired) electrons. The van der Waals surface area contributed by atoms with E-state index in [-0.39, 0.29) is 12.3 Å². The highest BCUT2D eigenvalue weighted by molar-refractivity contribution is 6.31. The van der Waals surface area contributed by atoms with Gasteiger partial charge in [0.2, 0.25) is 5.91 Å². The topological polar surface area (TPSA) is 66.4 Å². The summed E-state index contributed by atoms with van der Waals surface area (Å²) in [6, 6.07) is 5.45. The van der Waals surface area contributed by atoms with Crippen LogP contribution in [0.3, 0.4) is 0 Å². The molecule has 0 spiro atoms. The molecule has 5 heteroatoms. The second kappa shape index (κ2) is 5.51. The number of halogens is 1. The van der Waals surface area contributed by atoms with Crippen molar-refractivity contribution < 1.29 is 14.7 Å². The van der Waals surface area contributed by atoms with Crippen LogP contribution >= 0.6 is 11.6 Å². The lowest BCUT2D eigenvalue weighted by atomic mass is 10.1. The van der Waals surface area contributed by atoms with Crippen LogP contribution < -0.4 is 5.32 Å². The first-order valence-electron chi connectivity index (χ1n) is 4.82. The number of hydrogen-bond acceptors (Lipinski definition) is 2. The molecule has 0 aliphatic heterocycles.